The highest BCUT2D eigenvalue weighted by Gasteiger charge is 2.26. The van der Waals surface area contributed by atoms with Gasteiger partial charge in [0.25, 0.3) is 0 Å². The Kier molecular flexibility index (Phi) is 2.79. The van der Waals surface area contributed by atoms with E-state index in [4.69, 9.17) is 13.9 Å². The first-order valence-corrected chi connectivity index (χ1v) is 5.87. The van der Waals surface area contributed by atoms with Gasteiger partial charge in [-0.3, -0.25) is 0 Å². The van der Waals surface area contributed by atoms with Crippen LogP contribution in [0.1, 0.15) is 12.5 Å². The zero-order valence-corrected chi connectivity index (χ0v) is 10.3. The predicted molar refractivity (Wildman–Crippen MR) is 68.6 cm³/mol. The molecule has 1 aromatic heterocycles. The Hall–Kier alpha value is -2.56. The van der Waals surface area contributed by atoms with Gasteiger partial charge in [-0.1, -0.05) is 12.1 Å². The van der Waals surface area contributed by atoms with Crippen LogP contribution in [0.2, 0.25) is 0 Å². The molecule has 96 valence electrons. The van der Waals surface area contributed by atoms with Crippen LogP contribution >= 0.6 is 0 Å². The zero-order chi connectivity index (χ0) is 13.2. The third kappa shape index (κ3) is 1.99. The number of ether oxygens (including phenoxy) is 2. The van der Waals surface area contributed by atoms with Crippen LogP contribution in [-0.2, 0) is 14.3 Å². The highest BCUT2D eigenvalue weighted by molar-refractivity contribution is 6.16. The van der Waals surface area contributed by atoms with Crippen molar-refractivity contribution in [1.29, 1.82) is 0 Å². The van der Waals surface area contributed by atoms with Gasteiger partial charge in [0.1, 0.15) is 6.26 Å². The van der Waals surface area contributed by atoms with Crippen molar-refractivity contribution < 1.29 is 18.7 Å². The Labute approximate surface area is 109 Å². The minimum atomic E-state index is -0.510. The van der Waals surface area contributed by atoms with Crippen molar-refractivity contribution in [1.82, 2.24) is 0 Å². The summed E-state index contributed by atoms with van der Waals surface area (Å²) in [5.74, 6) is -0.244. The molecular formula is C14H11NO4. The number of carbonyl (C=O) groups is 1. The molecule has 0 spiro atoms. The van der Waals surface area contributed by atoms with Gasteiger partial charge in [-0.15, -0.1) is 0 Å². The van der Waals surface area contributed by atoms with Crippen LogP contribution in [0.3, 0.4) is 0 Å². The van der Waals surface area contributed by atoms with Crippen LogP contribution in [0.15, 0.2) is 52.1 Å². The molecule has 2 heterocycles. The van der Waals surface area contributed by atoms with E-state index >= 15 is 0 Å². The first-order valence-electron chi connectivity index (χ1n) is 5.87. The molecule has 5 nitrogen and oxygen atoms in total. The molecule has 0 fully saturated rings. The number of hydrogen-bond acceptors (Lipinski definition) is 5. The smallest absolute Gasteiger partial charge is 0.367 e. The molecule has 2 aromatic rings. The van der Waals surface area contributed by atoms with Crippen molar-refractivity contribution >= 4 is 22.6 Å². The quantitative estimate of drug-likeness (QED) is 0.481. The van der Waals surface area contributed by atoms with Gasteiger partial charge in [0, 0.05) is 16.3 Å². The molecule has 0 atom stereocenters. The van der Waals surface area contributed by atoms with Crippen molar-refractivity contribution in [3.05, 3.63) is 48.2 Å². The van der Waals surface area contributed by atoms with E-state index in [1.807, 2.05) is 25.1 Å². The summed E-state index contributed by atoms with van der Waals surface area (Å²) < 4.78 is 15.4. The summed E-state index contributed by atoms with van der Waals surface area (Å²) in [5, 5.41) is 1.78. The third-order valence-corrected chi connectivity index (χ3v) is 2.73. The van der Waals surface area contributed by atoms with Gasteiger partial charge in [-0.05, 0) is 13.0 Å². The number of benzene rings is 1. The number of nitrogens with zero attached hydrogens (tertiary/aromatic N) is 1. The van der Waals surface area contributed by atoms with Crippen LogP contribution in [0.25, 0.3) is 10.8 Å². The van der Waals surface area contributed by atoms with Crippen molar-refractivity contribution in [3.63, 3.8) is 0 Å². The summed E-state index contributed by atoms with van der Waals surface area (Å²) in [6.45, 7) is 2.30. The lowest BCUT2D eigenvalue weighted by molar-refractivity contribution is -0.130. The van der Waals surface area contributed by atoms with Gasteiger partial charge in [0.15, 0.2) is 5.70 Å². The molecule has 1 aliphatic heterocycles. The lowest BCUT2D eigenvalue weighted by atomic mass is 10.1. The van der Waals surface area contributed by atoms with Crippen molar-refractivity contribution in [2.24, 2.45) is 4.99 Å². The normalized spacial score (nSPS) is 16.8. The average Bonchev–Trinajstić information content (AvgIpc) is 3.02. The minimum absolute atomic E-state index is 0.164. The fourth-order valence-electron chi connectivity index (χ4n) is 1.85. The van der Waals surface area contributed by atoms with Crippen molar-refractivity contribution in [2.45, 2.75) is 6.92 Å². The molecule has 5 heteroatoms. The van der Waals surface area contributed by atoms with Crippen LogP contribution in [-0.4, -0.2) is 18.5 Å². The summed E-state index contributed by atoms with van der Waals surface area (Å²) in [5.41, 5.74) is 0.886. The largest absolute Gasteiger partial charge is 0.499 e. The molecule has 0 radical (unpaired) electrons. The second-order valence-corrected chi connectivity index (χ2v) is 3.95. The fourth-order valence-corrected chi connectivity index (χ4v) is 1.85. The topological polar surface area (TPSA) is 61.0 Å². The number of cyclic esters (lactones) is 1. The lowest BCUT2D eigenvalue weighted by Crippen LogP contribution is -2.05. The first-order chi connectivity index (χ1) is 9.29. The predicted octanol–water partition coefficient (Wildman–Crippen LogP) is 2.61. The zero-order valence-electron chi connectivity index (χ0n) is 10.3. The second-order valence-electron chi connectivity index (χ2n) is 3.95. The molecule has 0 bridgehead atoms. The summed E-state index contributed by atoms with van der Waals surface area (Å²) in [7, 11) is 0. The van der Waals surface area contributed by atoms with E-state index in [0.29, 0.717) is 6.61 Å². The van der Waals surface area contributed by atoms with Crippen LogP contribution < -0.4 is 0 Å². The number of furan rings is 1. The molecule has 0 saturated heterocycles. The summed E-state index contributed by atoms with van der Waals surface area (Å²) in [4.78, 5) is 15.8. The van der Waals surface area contributed by atoms with Gasteiger partial charge >= 0.3 is 5.97 Å². The molecule has 1 aromatic carbocycles. The summed E-state index contributed by atoms with van der Waals surface area (Å²) in [6.07, 6.45) is 4.54. The molecule has 19 heavy (non-hydrogen) atoms. The molecular weight excluding hydrogens is 246 g/mol. The van der Waals surface area contributed by atoms with Gasteiger partial charge in [0.05, 0.1) is 19.1 Å². The molecule has 0 aliphatic carbocycles. The SMILES string of the molecule is CCOC=C1N=C(c2cccc3cocc23)OC1=O. The maximum absolute atomic E-state index is 11.6. The van der Waals surface area contributed by atoms with E-state index in [0.717, 1.165) is 16.3 Å². The number of rotatable bonds is 3. The second kappa shape index (κ2) is 4.61. The molecule has 1 aliphatic rings. The van der Waals surface area contributed by atoms with Gasteiger partial charge in [-0.25, -0.2) is 9.79 Å². The molecule has 0 unspecified atom stereocenters. The first kappa shape index (κ1) is 11.5. The number of fused-ring (bicyclic) bond motifs is 1. The fraction of sp³-hybridized carbons (Fsp3) is 0.143. The highest BCUT2D eigenvalue weighted by Crippen LogP contribution is 2.24. The summed E-state index contributed by atoms with van der Waals surface area (Å²) in [6, 6.07) is 5.60. The highest BCUT2D eigenvalue weighted by atomic mass is 16.6. The Morgan fingerprint density at radius 2 is 2.26 bits per heavy atom. The Morgan fingerprint density at radius 1 is 1.37 bits per heavy atom. The molecule has 0 saturated carbocycles. The number of aliphatic imine (C=N–C) groups is 1. The van der Waals surface area contributed by atoms with Gasteiger partial charge < -0.3 is 13.9 Å². The maximum Gasteiger partial charge on any atom is 0.367 e. The number of esters is 1. The van der Waals surface area contributed by atoms with E-state index in [1.165, 1.54) is 6.26 Å². The molecule has 0 N–H and O–H groups in total. The third-order valence-electron chi connectivity index (χ3n) is 2.73. The molecule has 3 rings (SSSR count). The molecule has 0 amide bonds. The van der Waals surface area contributed by atoms with E-state index < -0.39 is 5.97 Å². The van der Waals surface area contributed by atoms with Crippen molar-refractivity contribution in [2.75, 3.05) is 6.61 Å². The number of carbonyl (C=O) groups excluding carboxylic acids is 1. The van der Waals surface area contributed by atoms with E-state index in [1.54, 1.807) is 12.5 Å². The Morgan fingerprint density at radius 3 is 3.11 bits per heavy atom. The lowest BCUT2D eigenvalue weighted by Gasteiger charge is -2.00. The minimum Gasteiger partial charge on any atom is -0.499 e. The summed E-state index contributed by atoms with van der Waals surface area (Å²) >= 11 is 0. The Balaban J connectivity index is 2.03. The van der Waals surface area contributed by atoms with Crippen molar-refractivity contribution in [3.8, 4) is 0 Å². The van der Waals surface area contributed by atoms with Crippen LogP contribution in [0, 0.1) is 0 Å². The van der Waals surface area contributed by atoms with E-state index in [2.05, 4.69) is 4.99 Å². The van der Waals surface area contributed by atoms with Gasteiger partial charge in [-0.2, -0.15) is 0 Å². The van der Waals surface area contributed by atoms with E-state index in [-0.39, 0.29) is 11.6 Å². The monoisotopic (exact) mass is 257 g/mol. The average molecular weight is 257 g/mol. The van der Waals surface area contributed by atoms with Gasteiger partial charge in [0.2, 0.25) is 5.90 Å². The standard InChI is InChI=1S/C14H11NO4/c1-2-17-8-12-14(16)19-13(15-12)10-5-3-4-9-6-18-7-11(9)10/h3-8H,2H2,1H3. The van der Waals surface area contributed by atoms with Crippen LogP contribution in [0.4, 0.5) is 0 Å². The number of hydrogen-bond donors (Lipinski definition) is 0. The Bertz CT molecular complexity index is 696. The van der Waals surface area contributed by atoms with E-state index in [9.17, 15) is 4.79 Å². The van der Waals surface area contributed by atoms with Crippen LogP contribution in [0.5, 0.6) is 0 Å². The maximum atomic E-state index is 11.6.